The third-order valence-electron chi connectivity index (χ3n) is 2.89. The first-order chi connectivity index (χ1) is 9.25. The van der Waals surface area contributed by atoms with Crippen LogP contribution in [0.15, 0.2) is 60.7 Å². The number of benzene rings is 2. The first-order valence-corrected chi connectivity index (χ1v) is 6.99. The molecule has 3 rings (SSSR count). The van der Waals surface area contributed by atoms with E-state index < -0.39 is 0 Å². The van der Waals surface area contributed by atoms with Crippen molar-refractivity contribution in [1.82, 2.24) is 9.78 Å². The molecule has 0 aliphatic carbocycles. The molecule has 2 N–H and O–H groups in total. The average Bonchev–Trinajstić information content (AvgIpc) is 2.82. The highest BCUT2D eigenvalue weighted by atomic mass is 127. The Morgan fingerprint density at radius 1 is 0.947 bits per heavy atom. The first kappa shape index (κ1) is 12.2. The van der Waals surface area contributed by atoms with Gasteiger partial charge in [0, 0.05) is 15.2 Å². The van der Waals surface area contributed by atoms with Crippen molar-refractivity contribution in [3.05, 3.63) is 64.2 Å². The zero-order valence-corrected chi connectivity index (χ0v) is 12.3. The summed E-state index contributed by atoms with van der Waals surface area (Å²) in [5.74, 6) is 0.640. The molecule has 0 bridgehead atoms. The van der Waals surface area contributed by atoms with Crippen LogP contribution in [-0.4, -0.2) is 9.78 Å². The molecule has 3 nitrogen and oxygen atoms in total. The Morgan fingerprint density at radius 2 is 1.63 bits per heavy atom. The smallest absolute Gasteiger partial charge is 0.127 e. The molecule has 0 fully saturated rings. The minimum Gasteiger partial charge on any atom is -0.384 e. The molecule has 1 heterocycles. The van der Waals surface area contributed by atoms with Crippen LogP contribution < -0.4 is 5.73 Å². The van der Waals surface area contributed by atoms with Gasteiger partial charge in [0.05, 0.1) is 11.4 Å². The molecule has 4 heteroatoms. The molecule has 0 saturated heterocycles. The number of nitrogen functional groups attached to an aromatic ring is 1. The topological polar surface area (TPSA) is 43.8 Å². The summed E-state index contributed by atoms with van der Waals surface area (Å²) in [6.45, 7) is 0. The second kappa shape index (κ2) is 5.05. The summed E-state index contributed by atoms with van der Waals surface area (Å²) in [6.07, 6.45) is 0. The fraction of sp³-hybridized carbons (Fsp3) is 0. The van der Waals surface area contributed by atoms with E-state index in [1.807, 2.05) is 48.5 Å². The lowest BCUT2D eigenvalue weighted by Gasteiger charge is -2.03. The van der Waals surface area contributed by atoms with E-state index in [1.165, 1.54) is 0 Å². The summed E-state index contributed by atoms with van der Waals surface area (Å²) >= 11 is 2.31. The number of aromatic nitrogens is 2. The van der Waals surface area contributed by atoms with Crippen molar-refractivity contribution in [2.24, 2.45) is 0 Å². The predicted octanol–water partition coefficient (Wildman–Crippen LogP) is 3.73. The van der Waals surface area contributed by atoms with Crippen LogP contribution in [0.2, 0.25) is 0 Å². The molecule has 0 amide bonds. The number of halogens is 1. The van der Waals surface area contributed by atoms with Crippen molar-refractivity contribution >= 4 is 28.4 Å². The Hall–Kier alpha value is -1.82. The van der Waals surface area contributed by atoms with Crippen molar-refractivity contribution in [2.75, 3.05) is 5.73 Å². The zero-order valence-electron chi connectivity index (χ0n) is 10.1. The SMILES string of the molecule is Nc1cc(-c2ccccc2I)nn1-c1ccccc1. The lowest BCUT2D eigenvalue weighted by Crippen LogP contribution is -2.01. The van der Waals surface area contributed by atoms with Gasteiger partial charge in [0.25, 0.3) is 0 Å². The Balaban J connectivity index is 2.10. The van der Waals surface area contributed by atoms with Crippen LogP contribution >= 0.6 is 22.6 Å². The molecular formula is C15H12IN3. The first-order valence-electron chi connectivity index (χ1n) is 5.91. The third kappa shape index (κ3) is 2.35. The number of nitrogens with zero attached hydrogens (tertiary/aromatic N) is 2. The second-order valence-electron chi connectivity index (χ2n) is 4.18. The Morgan fingerprint density at radius 3 is 2.37 bits per heavy atom. The second-order valence-corrected chi connectivity index (χ2v) is 5.34. The van der Waals surface area contributed by atoms with Gasteiger partial charge < -0.3 is 5.73 Å². The van der Waals surface area contributed by atoms with Gasteiger partial charge in [0.15, 0.2) is 0 Å². The van der Waals surface area contributed by atoms with Crippen molar-refractivity contribution in [3.63, 3.8) is 0 Å². The molecule has 0 saturated carbocycles. The molecule has 2 aromatic carbocycles. The van der Waals surface area contributed by atoms with E-state index in [-0.39, 0.29) is 0 Å². The summed E-state index contributed by atoms with van der Waals surface area (Å²) in [5.41, 5.74) is 9.02. The standard InChI is InChI=1S/C15H12IN3/c16-13-9-5-4-8-12(13)14-10-15(17)19(18-14)11-6-2-1-3-7-11/h1-10H,17H2. The lowest BCUT2D eigenvalue weighted by molar-refractivity contribution is 0.895. The van der Waals surface area contributed by atoms with E-state index in [2.05, 4.69) is 39.8 Å². The lowest BCUT2D eigenvalue weighted by atomic mass is 10.2. The molecule has 94 valence electrons. The quantitative estimate of drug-likeness (QED) is 0.707. The molecule has 0 aliphatic heterocycles. The van der Waals surface area contributed by atoms with Crippen molar-refractivity contribution in [1.29, 1.82) is 0 Å². The van der Waals surface area contributed by atoms with Crippen LogP contribution in [0.1, 0.15) is 0 Å². The summed E-state index contributed by atoms with van der Waals surface area (Å²) in [5, 5.41) is 4.60. The van der Waals surface area contributed by atoms with Gasteiger partial charge in [-0.1, -0.05) is 36.4 Å². The third-order valence-corrected chi connectivity index (χ3v) is 3.83. The predicted molar refractivity (Wildman–Crippen MR) is 86.1 cm³/mol. The van der Waals surface area contributed by atoms with Crippen LogP contribution in [0.25, 0.3) is 16.9 Å². The zero-order chi connectivity index (χ0) is 13.2. The molecule has 1 aromatic heterocycles. The maximum Gasteiger partial charge on any atom is 0.127 e. The molecular weight excluding hydrogens is 349 g/mol. The Bertz CT molecular complexity index is 704. The van der Waals surface area contributed by atoms with Gasteiger partial charge in [0.1, 0.15) is 5.82 Å². The fourth-order valence-electron chi connectivity index (χ4n) is 1.97. The number of para-hydroxylation sites is 1. The number of hydrogen-bond donors (Lipinski definition) is 1. The van der Waals surface area contributed by atoms with E-state index in [0.717, 1.165) is 20.5 Å². The highest BCUT2D eigenvalue weighted by Gasteiger charge is 2.10. The van der Waals surface area contributed by atoms with Crippen LogP contribution in [0, 0.1) is 3.57 Å². The number of anilines is 1. The normalized spacial score (nSPS) is 10.6. The van der Waals surface area contributed by atoms with Crippen LogP contribution in [0.5, 0.6) is 0 Å². The van der Waals surface area contributed by atoms with Gasteiger partial charge >= 0.3 is 0 Å². The molecule has 0 spiro atoms. The molecule has 3 aromatic rings. The van der Waals surface area contributed by atoms with Crippen molar-refractivity contribution in [3.8, 4) is 16.9 Å². The minimum atomic E-state index is 0.640. The molecule has 0 aliphatic rings. The number of hydrogen-bond acceptors (Lipinski definition) is 2. The van der Waals surface area contributed by atoms with Gasteiger partial charge in [-0.05, 0) is 40.8 Å². The largest absolute Gasteiger partial charge is 0.384 e. The summed E-state index contributed by atoms with van der Waals surface area (Å²) in [6, 6.07) is 20.0. The van der Waals surface area contributed by atoms with Crippen molar-refractivity contribution in [2.45, 2.75) is 0 Å². The molecule has 0 radical (unpaired) electrons. The van der Waals surface area contributed by atoms with Crippen LogP contribution in [0.4, 0.5) is 5.82 Å². The Labute approximate surface area is 125 Å². The average molecular weight is 361 g/mol. The maximum absolute atomic E-state index is 6.06. The van der Waals surface area contributed by atoms with E-state index >= 15 is 0 Å². The van der Waals surface area contributed by atoms with Gasteiger partial charge in [-0.3, -0.25) is 0 Å². The van der Waals surface area contributed by atoms with E-state index in [9.17, 15) is 0 Å². The van der Waals surface area contributed by atoms with Gasteiger partial charge in [-0.2, -0.15) is 5.10 Å². The summed E-state index contributed by atoms with van der Waals surface area (Å²) in [4.78, 5) is 0. The van der Waals surface area contributed by atoms with Gasteiger partial charge in [-0.25, -0.2) is 4.68 Å². The van der Waals surface area contributed by atoms with E-state index in [1.54, 1.807) is 4.68 Å². The van der Waals surface area contributed by atoms with Crippen LogP contribution in [-0.2, 0) is 0 Å². The molecule has 0 unspecified atom stereocenters. The van der Waals surface area contributed by atoms with Crippen molar-refractivity contribution < 1.29 is 0 Å². The highest BCUT2D eigenvalue weighted by Crippen LogP contribution is 2.26. The van der Waals surface area contributed by atoms with Crippen LogP contribution in [0.3, 0.4) is 0 Å². The molecule has 0 atom stereocenters. The fourth-order valence-corrected chi connectivity index (χ4v) is 2.64. The maximum atomic E-state index is 6.06. The molecule has 19 heavy (non-hydrogen) atoms. The number of rotatable bonds is 2. The van der Waals surface area contributed by atoms with Gasteiger partial charge in [-0.15, -0.1) is 0 Å². The Kier molecular flexibility index (Phi) is 3.25. The van der Waals surface area contributed by atoms with Gasteiger partial charge in [0.2, 0.25) is 0 Å². The monoisotopic (exact) mass is 361 g/mol. The summed E-state index contributed by atoms with van der Waals surface area (Å²) < 4.78 is 2.93. The number of nitrogens with two attached hydrogens (primary N) is 1. The van der Waals surface area contributed by atoms with E-state index in [4.69, 9.17) is 5.73 Å². The van der Waals surface area contributed by atoms with E-state index in [0.29, 0.717) is 5.82 Å². The minimum absolute atomic E-state index is 0.640. The summed E-state index contributed by atoms with van der Waals surface area (Å²) in [7, 11) is 0. The highest BCUT2D eigenvalue weighted by molar-refractivity contribution is 14.1.